The van der Waals surface area contributed by atoms with Gasteiger partial charge in [-0.15, -0.1) is 0 Å². The first-order valence-electron chi connectivity index (χ1n) is 8.95. The van der Waals surface area contributed by atoms with Gasteiger partial charge in [0.2, 0.25) is 5.91 Å². The lowest BCUT2D eigenvalue weighted by atomic mass is 10.2. The topological polar surface area (TPSA) is 145 Å². The number of benzene rings is 2. The molecule has 10 heteroatoms. The van der Waals surface area contributed by atoms with Crippen molar-refractivity contribution < 1.29 is 28.9 Å². The van der Waals surface area contributed by atoms with Crippen LogP contribution in [0.3, 0.4) is 0 Å². The lowest BCUT2D eigenvalue weighted by Gasteiger charge is -2.15. The molecule has 0 saturated heterocycles. The largest absolute Gasteiger partial charge is 0.493 e. The maximum absolute atomic E-state index is 11.0. The Kier molecular flexibility index (Phi) is 8.45. The van der Waals surface area contributed by atoms with Crippen molar-refractivity contribution in [3.05, 3.63) is 48.0 Å². The zero-order valence-electron chi connectivity index (χ0n) is 16.6. The zero-order valence-corrected chi connectivity index (χ0v) is 16.6. The number of carbonyl (C=O) groups excluding carboxylic acids is 2. The summed E-state index contributed by atoms with van der Waals surface area (Å²) < 4.78 is 16.4. The minimum atomic E-state index is -0.884. The number of nitrogens with zero attached hydrogens (tertiary/aromatic N) is 1. The maximum Gasteiger partial charge on any atom is 0.332 e. The third kappa shape index (κ3) is 7.68. The van der Waals surface area contributed by atoms with E-state index in [2.05, 4.69) is 15.8 Å². The van der Waals surface area contributed by atoms with Crippen molar-refractivity contribution in [1.29, 1.82) is 0 Å². The summed E-state index contributed by atoms with van der Waals surface area (Å²) in [7, 11) is 1.48. The summed E-state index contributed by atoms with van der Waals surface area (Å²) in [6, 6.07) is 11.0. The average Bonchev–Trinajstić information content (AvgIpc) is 2.71. The standard InChI is InChI=1S/C20H24N4O6/c1-13(25)23-15-4-6-17(7-5-15)29-11-16(26)12-30-18-8-3-14(9-19(18)28-2)10-22-24-20(21)27/h3-10,16,26H,11-12H2,1-2H3,(H,23,25)(H3,21,24,27)/b22-10-/t16-/m1/s1. The smallest absolute Gasteiger partial charge is 0.332 e. The molecule has 0 fully saturated rings. The molecule has 0 aromatic heterocycles. The van der Waals surface area contributed by atoms with Crippen molar-refractivity contribution in [2.75, 3.05) is 25.6 Å². The number of nitrogens with two attached hydrogens (primary N) is 1. The Morgan fingerprint density at radius 3 is 2.47 bits per heavy atom. The number of carbonyl (C=O) groups is 2. The van der Waals surface area contributed by atoms with Gasteiger partial charge in [-0.05, 0) is 48.0 Å². The molecule has 0 heterocycles. The molecule has 0 aliphatic heterocycles. The predicted molar refractivity (Wildman–Crippen MR) is 111 cm³/mol. The number of hydrogen-bond donors (Lipinski definition) is 4. The van der Waals surface area contributed by atoms with Crippen LogP contribution in [0.25, 0.3) is 0 Å². The highest BCUT2D eigenvalue weighted by molar-refractivity contribution is 5.88. The number of primary amides is 1. The number of hydrazone groups is 1. The van der Waals surface area contributed by atoms with E-state index in [9.17, 15) is 14.7 Å². The SMILES string of the molecule is COc1cc(/C=N\NC(N)=O)ccc1OC[C@H](O)COc1ccc(NC(C)=O)cc1. The van der Waals surface area contributed by atoms with E-state index in [0.717, 1.165) is 0 Å². The summed E-state index contributed by atoms with van der Waals surface area (Å²) in [5.41, 5.74) is 8.34. The fourth-order valence-corrected chi connectivity index (χ4v) is 2.32. The average molecular weight is 416 g/mol. The van der Waals surface area contributed by atoms with E-state index in [4.69, 9.17) is 19.9 Å². The van der Waals surface area contributed by atoms with Crippen LogP contribution in [0.4, 0.5) is 10.5 Å². The molecule has 3 amide bonds. The Balaban J connectivity index is 1.84. The second-order valence-electron chi connectivity index (χ2n) is 6.13. The van der Waals surface area contributed by atoms with Crippen LogP contribution in [-0.2, 0) is 4.79 Å². The lowest BCUT2D eigenvalue weighted by molar-refractivity contribution is -0.114. The summed E-state index contributed by atoms with van der Waals surface area (Å²) in [6.45, 7) is 1.43. The van der Waals surface area contributed by atoms with Gasteiger partial charge in [-0.3, -0.25) is 4.79 Å². The van der Waals surface area contributed by atoms with Crippen molar-refractivity contribution >= 4 is 23.8 Å². The maximum atomic E-state index is 11.0. The number of methoxy groups -OCH3 is 1. The van der Waals surface area contributed by atoms with E-state index in [-0.39, 0.29) is 19.1 Å². The van der Waals surface area contributed by atoms with Gasteiger partial charge in [-0.1, -0.05) is 0 Å². The fraction of sp³-hybridized carbons (Fsp3) is 0.250. The first-order valence-corrected chi connectivity index (χ1v) is 8.95. The van der Waals surface area contributed by atoms with Gasteiger partial charge in [0.25, 0.3) is 0 Å². The lowest BCUT2D eigenvalue weighted by Crippen LogP contribution is -2.25. The number of urea groups is 1. The molecule has 0 unspecified atom stereocenters. The molecule has 0 aliphatic rings. The molecule has 0 aliphatic carbocycles. The zero-order chi connectivity index (χ0) is 21.9. The molecule has 2 aromatic carbocycles. The number of aliphatic hydroxyl groups is 1. The summed E-state index contributed by atoms with van der Waals surface area (Å²) >= 11 is 0. The van der Waals surface area contributed by atoms with Gasteiger partial charge in [-0.25, -0.2) is 10.2 Å². The number of rotatable bonds is 10. The molecular weight excluding hydrogens is 392 g/mol. The van der Waals surface area contributed by atoms with E-state index in [1.165, 1.54) is 20.2 Å². The van der Waals surface area contributed by atoms with Crippen LogP contribution in [0.1, 0.15) is 12.5 Å². The van der Waals surface area contributed by atoms with Crippen LogP contribution >= 0.6 is 0 Å². The fourth-order valence-electron chi connectivity index (χ4n) is 2.32. The highest BCUT2D eigenvalue weighted by Crippen LogP contribution is 2.27. The third-order valence-corrected chi connectivity index (χ3v) is 3.62. The monoisotopic (exact) mass is 416 g/mol. The second kappa shape index (κ2) is 11.3. The van der Waals surface area contributed by atoms with Crippen LogP contribution in [0.15, 0.2) is 47.6 Å². The highest BCUT2D eigenvalue weighted by Gasteiger charge is 2.10. The Bertz CT molecular complexity index is 885. The van der Waals surface area contributed by atoms with Crippen molar-refractivity contribution in [3.8, 4) is 17.2 Å². The van der Waals surface area contributed by atoms with Gasteiger partial charge in [0.05, 0.1) is 13.3 Å². The van der Waals surface area contributed by atoms with E-state index >= 15 is 0 Å². The molecule has 2 aromatic rings. The van der Waals surface area contributed by atoms with Crippen LogP contribution < -0.4 is 30.7 Å². The van der Waals surface area contributed by atoms with Gasteiger partial charge in [0.15, 0.2) is 11.5 Å². The van der Waals surface area contributed by atoms with Gasteiger partial charge in [0.1, 0.15) is 25.1 Å². The van der Waals surface area contributed by atoms with E-state index in [0.29, 0.717) is 28.5 Å². The predicted octanol–water partition coefficient (Wildman–Crippen LogP) is 1.47. The number of nitrogens with one attached hydrogen (secondary N) is 2. The van der Waals surface area contributed by atoms with Crippen molar-refractivity contribution in [2.45, 2.75) is 13.0 Å². The first-order chi connectivity index (χ1) is 14.4. The van der Waals surface area contributed by atoms with E-state index < -0.39 is 12.1 Å². The van der Waals surface area contributed by atoms with Gasteiger partial charge in [-0.2, -0.15) is 5.10 Å². The van der Waals surface area contributed by atoms with Crippen molar-refractivity contribution in [2.24, 2.45) is 10.8 Å². The Morgan fingerprint density at radius 1 is 1.13 bits per heavy atom. The quantitative estimate of drug-likeness (QED) is 0.341. The second-order valence-corrected chi connectivity index (χ2v) is 6.13. The molecule has 0 saturated carbocycles. The summed E-state index contributed by atoms with van der Waals surface area (Å²) in [6.07, 6.45) is 0.516. The van der Waals surface area contributed by atoms with Crippen LogP contribution in [0.5, 0.6) is 17.2 Å². The summed E-state index contributed by atoms with van der Waals surface area (Å²) in [5, 5.41) is 16.4. The van der Waals surface area contributed by atoms with E-state index in [1.54, 1.807) is 42.5 Å². The Labute approximate surface area is 173 Å². The number of amides is 3. The normalized spacial score (nSPS) is 11.6. The number of ether oxygens (including phenoxy) is 3. The molecule has 160 valence electrons. The van der Waals surface area contributed by atoms with Gasteiger partial charge < -0.3 is 30.4 Å². The molecule has 0 spiro atoms. The molecule has 0 radical (unpaired) electrons. The van der Waals surface area contributed by atoms with Crippen LogP contribution in [0, 0.1) is 0 Å². The first kappa shape index (κ1) is 22.5. The van der Waals surface area contributed by atoms with Crippen LogP contribution in [-0.4, -0.2) is 49.7 Å². The van der Waals surface area contributed by atoms with Gasteiger partial charge in [0, 0.05) is 12.6 Å². The highest BCUT2D eigenvalue weighted by atomic mass is 16.5. The van der Waals surface area contributed by atoms with Crippen molar-refractivity contribution in [1.82, 2.24) is 5.43 Å². The third-order valence-electron chi connectivity index (χ3n) is 3.62. The van der Waals surface area contributed by atoms with Crippen LogP contribution in [0.2, 0.25) is 0 Å². The Hall–Kier alpha value is -3.79. The van der Waals surface area contributed by atoms with Crippen molar-refractivity contribution in [3.63, 3.8) is 0 Å². The minimum Gasteiger partial charge on any atom is -0.493 e. The molecule has 30 heavy (non-hydrogen) atoms. The molecular formula is C20H24N4O6. The molecule has 0 bridgehead atoms. The number of aliphatic hydroxyl groups excluding tert-OH is 1. The summed E-state index contributed by atoms with van der Waals surface area (Å²) in [5.74, 6) is 1.25. The summed E-state index contributed by atoms with van der Waals surface area (Å²) in [4.78, 5) is 21.6. The number of hydrogen-bond acceptors (Lipinski definition) is 7. The van der Waals surface area contributed by atoms with E-state index in [1.807, 2.05) is 0 Å². The Morgan fingerprint density at radius 2 is 1.83 bits per heavy atom. The molecule has 10 nitrogen and oxygen atoms in total. The van der Waals surface area contributed by atoms with Gasteiger partial charge >= 0.3 is 6.03 Å². The molecule has 2 rings (SSSR count). The number of anilines is 1. The molecule has 1 atom stereocenters. The minimum absolute atomic E-state index is 0.0169. The molecule has 5 N–H and O–H groups in total.